The number of thiazole rings is 1. The van der Waals surface area contributed by atoms with Gasteiger partial charge in [-0.15, -0.1) is 11.3 Å². The molecule has 0 radical (unpaired) electrons. The second-order valence-corrected chi connectivity index (χ2v) is 9.91. The second kappa shape index (κ2) is 9.15. The van der Waals surface area contributed by atoms with Gasteiger partial charge in [-0.05, 0) is 58.1 Å². The number of aryl methyl sites for hydroxylation is 1. The van der Waals surface area contributed by atoms with Crippen LogP contribution in [-0.2, 0) is 0 Å². The minimum absolute atomic E-state index is 0.145. The number of nitrogens with one attached hydrogen (secondary N) is 2. The number of anilines is 1. The van der Waals surface area contributed by atoms with Crippen molar-refractivity contribution in [1.29, 1.82) is 0 Å². The molecule has 2 aromatic heterocycles. The molecule has 4 atom stereocenters. The van der Waals surface area contributed by atoms with Gasteiger partial charge in [-0.2, -0.15) is 0 Å². The summed E-state index contributed by atoms with van der Waals surface area (Å²) >= 11 is 1.21. The molecule has 2 fully saturated rings. The third kappa shape index (κ3) is 4.63. The van der Waals surface area contributed by atoms with Crippen molar-refractivity contribution in [2.24, 2.45) is 0 Å². The largest absolute Gasteiger partial charge is 0.391 e. The van der Waals surface area contributed by atoms with Gasteiger partial charge in [-0.1, -0.05) is 6.92 Å². The first kappa shape index (κ1) is 22.7. The quantitative estimate of drug-likeness (QED) is 0.589. The summed E-state index contributed by atoms with van der Waals surface area (Å²) in [4.78, 5) is 37.7. The fraction of sp³-hybridized carbons (Fsp3) is 0.565. The highest BCUT2D eigenvalue weighted by molar-refractivity contribution is 7.17. The maximum atomic E-state index is 13.4. The van der Waals surface area contributed by atoms with Gasteiger partial charge in [0.05, 0.1) is 17.0 Å². The van der Waals surface area contributed by atoms with Gasteiger partial charge in [0.25, 0.3) is 11.8 Å². The molecule has 32 heavy (non-hydrogen) atoms. The first-order valence-corrected chi connectivity index (χ1v) is 12.1. The molecule has 1 aliphatic carbocycles. The predicted molar refractivity (Wildman–Crippen MR) is 125 cm³/mol. The number of aliphatic hydroxyl groups is 1. The van der Waals surface area contributed by atoms with Crippen LogP contribution in [-0.4, -0.2) is 62.6 Å². The van der Waals surface area contributed by atoms with Crippen LogP contribution in [0.1, 0.15) is 72.3 Å². The maximum Gasteiger partial charge on any atom is 0.280 e. The highest BCUT2D eigenvalue weighted by Gasteiger charge is 2.38. The SMILES string of the molecule is CC[C@@H](C)Nc1cc(C)c(-c2sc(C(=O)N[C@@H]3C[C@H]3O)nc2C(=O)N2CCC[C@@H]2C)cn1. The number of aliphatic hydroxyl groups excluding tert-OH is 1. The van der Waals surface area contributed by atoms with E-state index in [4.69, 9.17) is 0 Å². The van der Waals surface area contributed by atoms with E-state index in [-0.39, 0.29) is 28.9 Å². The molecule has 0 unspecified atom stereocenters. The van der Waals surface area contributed by atoms with E-state index in [2.05, 4.69) is 34.4 Å². The molecule has 2 aliphatic rings. The summed E-state index contributed by atoms with van der Waals surface area (Å²) in [5, 5.41) is 15.9. The Bertz CT molecular complexity index is 1020. The smallest absolute Gasteiger partial charge is 0.280 e. The van der Waals surface area contributed by atoms with E-state index >= 15 is 0 Å². The Labute approximate surface area is 192 Å². The topological polar surface area (TPSA) is 107 Å². The van der Waals surface area contributed by atoms with E-state index in [1.54, 1.807) is 6.20 Å². The van der Waals surface area contributed by atoms with Gasteiger partial charge in [-0.3, -0.25) is 9.59 Å². The van der Waals surface area contributed by atoms with Gasteiger partial charge in [0, 0.05) is 30.4 Å². The molecular formula is C23H31N5O3S. The number of nitrogens with zero attached hydrogens (tertiary/aromatic N) is 3. The normalized spacial score (nSPS) is 23.2. The summed E-state index contributed by atoms with van der Waals surface area (Å²) in [6.45, 7) is 8.93. The van der Waals surface area contributed by atoms with E-state index in [0.29, 0.717) is 29.6 Å². The van der Waals surface area contributed by atoms with Crippen molar-refractivity contribution in [3.05, 3.63) is 28.5 Å². The van der Waals surface area contributed by atoms with Crippen LogP contribution in [0.4, 0.5) is 5.82 Å². The van der Waals surface area contributed by atoms with Crippen molar-refractivity contribution in [3.8, 4) is 10.4 Å². The van der Waals surface area contributed by atoms with Gasteiger partial charge in [-0.25, -0.2) is 9.97 Å². The molecular weight excluding hydrogens is 426 g/mol. The van der Waals surface area contributed by atoms with Crippen molar-refractivity contribution < 1.29 is 14.7 Å². The number of carbonyl (C=O) groups excluding carboxylic acids is 2. The highest BCUT2D eigenvalue weighted by Crippen LogP contribution is 2.35. The third-order valence-electron chi connectivity index (χ3n) is 6.27. The van der Waals surface area contributed by atoms with Crippen molar-refractivity contribution in [2.75, 3.05) is 11.9 Å². The first-order chi connectivity index (χ1) is 15.3. The molecule has 3 heterocycles. The minimum Gasteiger partial charge on any atom is -0.391 e. The average molecular weight is 458 g/mol. The lowest BCUT2D eigenvalue weighted by Gasteiger charge is -2.21. The van der Waals surface area contributed by atoms with Crippen LogP contribution in [0.3, 0.4) is 0 Å². The molecule has 4 rings (SSSR count). The standard InChI is InChI=1S/C23H31N5O3S/c1-5-13(3)25-18-9-12(2)15(11-24-18)20-19(23(31)28-8-6-7-14(28)4)27-22(32-20)21(30)26-16-10-17(16)29/h9,11,13-14,16-17,29H,5-8,10H2,1-4H3,(H,24,25)(H,26,30)/t13-,14+,16-,17-/m1/s1. The van der Waals surface area contributed by atoms with E-state index < -0.39 is 6.10 Å². The van der Waals surface area contributed by atoms with Gasteiger partial charge < -0.3 is 20.6 Å². The van der Waals surface area contributed by atoms with Crippen molar-refractivity contribution in [2.45, 2.75) is 77.6 Å². The fourth-order valence-electron chi connectivity index (χ4n) is 3.91. The average Bonchev–Trinajstić information content (AvgIpc) is 3.14. The Balaban J connectivity index is 1.69. The van der Waals surface area contributed by atoms with Gasteiger partial charge in [0.1, 0.15) is 11.5 Å². The molecule has 1 aliphatic heterocycles. The van der Waals surface area contributed by atoms with Crippen molar-refractivity contribution in [3.63, 3.8) is 0 Å². The molecule has 172 valence electrons. The summed E-state index contributed by atoms with van der Waals surface area (Å²) in [5.41, 5.74) is 2.07. The van der Waals surface area contributed by atoms with E-state index in [9.17, 15) is 14.7 Å². The molecule has 0 bridgehead atoms. The van der Waals surface area contributed by atoms with Crippen LogP contribution in [0.15, 0.2) is 12.3 Å². The van der Waals surface area contributed by atoms with Crippen LogP contribution in [0.5, 0.6) is 0 Å². The molecule has 2 aromatic rings. The summed E-state index contributed by atoms with van der Waals surface area (Å²) in [5.74, 6) is 0.284. The number of hydrogen-bond donors (Lipinski definition) is 3. The van der Waals surface area contributed by atoms with Crippen LogP contribution in [0, 0.1) is 6.92 Å². The van der Waals surface area contributed by atoms with Crippen LogP contribution >= 0.6 is 11.3 Å². The predicted octanol–water partition coefficient (Wildman–Crippen LogP) is 3.21. The zero-order valence-electron chi connectivity index (χ0n) is 19.0. The zero-order valence-corrected chi connectivity index (χ0v) is 19.8. The first-order valence-electron chi connectivity index (χ1n) is 11.3. The van der Waals surface area contributed by atoms with E-state index in [0.717, 1.165) is 36.2 Å². The number of aromatic nitrogens is 2. The number of likely N-dealkylation sites (tertiary alicyclic amines) is 1. The number of pyridine rings is 1. The number of rotatable bonds is 7. The molecule has 9 heteroatoms. The summed E-state index contributed by atoms with van der Waals surface area (Å²) in [6.07, 6.45) is 4.73. The zero-order chi connectivity index (χ0) is 23.0. The molecule has 0 spiro atoms. The lowest BCUT2D eigenvalue weighted by atomic mass is 10.1. The lowest BCUT2D eigenvalue weighted by molar-refractivity contribution is 0.0743. The Morgan fingerprint density at radius 1 is 1.41 bits per heavy atom. The summed E-state index contributed by atoms with van der Waals surface area (Å²) in [6, 6.07) is 2.19. The number of hydrogen-bond acceptors (Lipinski definition) is 7. The van der Waals surface area contributed by atoms with Gasteiger partial charge >= 0.3 is 0 Å². The lowest BCUT2D eigenvalue weighted by Crippen LogP contribution is -2.34. The van der Waals surface area contributed by atoms with E-state index in [1.807, 2.05) is 24.8 Å². The third-order valence-corrected chi connectivity index (χ3v) is 7.36. The van der Waals surface area contributed by atoms with Crippen LogP contribution < -0.4 is 10.6 Å². The number of carbonyl (C=O) groups is 2. The second-order valence-electron chi connectivity index (χ2n) is 8.91. The van der Waals surface area contributed by atoms with Crippen LogP contribution in [0.25, 0.3) is 10.4 Å². The van der Waals surface area contributed by atoms with E-state index in [1.165, 1.54) is 11.3 Å². The van der Waals surface area contributed by atoms with Crippen molar-refractivity contribution in [1.82, 2.24) is 20.2 Å². The molecule has 1 saturated heterocycles. The Kier molecular flexibility index (Phi) is 6.48. The van der Waals surface area contributed by atoms with Gasteiger partial charge in [0.15, 0.2) is 5.01 Å². The monoisotopic (exact) mass is 457 g/mol. The minimum atomic E-state index is -0.498. The Morgan fingerprint density at radius 3 is 2.75 bits per heavy atom. The molecule has 2 amide bonds. The molecule has 8 nitrogen and oxygen atoms in total. The van der Waals surface area contributed by atoms with Crippen molar-refractivity contribution >= 4 is 29.0 Å². The summed E-state index contributed by atoms with van der Waals surface area (Å²) in [7, 11) is 0. The molecule has 1 saturated carbocycles. The fourth-order valence-corrected chi connectivity index (χ4v) is 4.94. The maximum absolute atomic E-state index is 13.4. The molecule has 3 N–H and O–H groups in total. The van der Waals surface area contributed by atoms with Crippen LogP contribution in [0.2, 0.25) is 0 Å². The molecule has 0 aromatic carbocycles. The van der Waals surface area contributed by atoms with Gasteiger partial charge in [0.2, 0.25) is 0 Å². The highest BCUT2D eigenvalue weighted by atomic mass is 32.1. The Morgan fingerprint density at radius 2 is 2.16 bits per heavy atom. The Hall–Kier alpha value is -2.52. The number of amides is 2. The summed E-state index contributed by atoms with van der Waals surface area (Å²) < 4.78 is 0.